The van der Waals surface area contributed by atoms with E-state index in [9.17, 15) is 0 Å². The molecule has 0 aliphatic carbocycles. The fourth-order valence-corrected chi connectivity index (χ4v) is 8.62. The largest absolute Gasteiger partial charge is 0.455 e. The predicted octanol–water partition coefficient (Wildman–Crippen LogP) is 16.0. The summed E-state index contributed by atoms with van der Waals surface area (Å²) in [6.07, 6.45) is 0. The first-order chi connectivity index (χ1) is 28.7. The minimum atomic E-state index is 0.906. The molecule has 272 valence electrons. The van der Waals surface area contributed by atoms with Gasteiger partial charge in [0.25, 0.3) is 0 Å². The molecule has 0 unspecified atom stereocenters. The van der Waals surface area contributed by atoms with E-state index in [2.05, 4.69) is 217 Å². The maximum atomic E-state index is 6.42. The molecule has 0 spiro atoms. The van der Waals surface area contributed by atoms with Crippen LogP contribution in [0, 0.1) is 0 Å². The lowest BCUT2D eigenvalue weighted by molar-refractivity contribution is 0.670. The minimum Gasteiger partial charge on any atom is -0.455 e. The molecular weight excluding hydrogens is 703 g/mol. The number of anilines is 3. The third kappa shape index (κ3) is 5.91. The topological polar surface area (TPSA) is 16.4 Å². The van der Waals surface area contributed by atoms with Crippen molar-refractivity contribution >= 4 is 60.5 Å². The molecule has 0 fully saturated rings. The Kier molecular flexibility index (Phi) is 8.19. The van der Waals surface area contributed by atoms with Crippen molar-refractivity contribution in [2.24, 2.45) is 0 Å². The van der Waals surface area contributed by atoms with E-state index in [1.165, 1.54) is 54.9 Å². The molecule has 11 rings (SSSR count). The molecule has 0 bridgehead atoms. The van der Waals surface area contributed by atoms with Crippen LogP contribution in [-0.4, -0.2) is 0 Å². The Morgan fingerprint density at radius 3 is 1.40 bits per heavy atom. The Morgan fingerprint density at radius 2 is 0.724 bits per heavy atom. The molecule has 1 aromatic heterocycles. The molecule has 0 aliphatic heterocycles. The molecule has 1 heterocycles. The number of benzene rings is 10. The number of hydrogen-bond acceptors (Lipinski definition) is 2. The number of fused-ring (bicyclic) bond motifs is 5. The van der Waals surface area contributed by atoms with Gasteiger partial charge in [-0.3, -0.25) is 0 Å². The van der Waals surface area contributed by atoms with Crippen molar-refractivity contribution in [2.75, 3.05) is 4.90 Å². The van der Waals surface area contributed by atoms with Crippen LogP contribution in [0.1, 0.15) is 0 Å². The molecule has 0 atom stereocenters. The first kappa shape index (κ1) is 33.6. The standard InChI is InChI=1S/C56H37NO/c1-3-17-48-40(11-1)13-8-20-50(48)42-27-25-38(26-28-42)39-29-33-45(34-30-39)57(47-16-7-15-44(37-47)51-21-9-14-41-12-2-4-18-49(41)51)46-35-31-43(32-36-46)52-22-10-23-54-53-19-5-6-24-55(53)58-56(52)54/h1-37H. The molecule has 0 radical (unpaired) electrons. The number of furan rings is 1. The Labute approximate surface area is 337 Å². The molecule has 10 aromatic carbocycles. The van der Waals surface area contributed by atoms with Crippen LogP contribution in [0.3, 0.4) is 0 Å². The zero-order valence-electron chi connectivity index (χ0n) is 31.7. The molecule has 0 saturated heterocycles. The molecule has 2 heteroatoms. The van der Waals surface area contributed by atoms with Gasteiger partial charge >= 0.3 is 0 Å². The monoisotopic (exact) mass is 739 g/mol. The first-order valence-electron chi connectivity index (χ1n) is 19.8. The summed E-state index contributed by atoms with van der Waals surface area (Å²) in [5.41, 5.74) is 14.5. The van der Waals surface area contributed by atoms with E-state index in [0.29, 0.717) is 0 Å². The lowest BCUT2D eigenvalue weighted by atomic mass is 9.96. The van der Waals surface area contributed by atoms with Crippen molar-refractivity contribution in [3.8, 4) is 44.5 Å². The van der Waals surface area contributed by atoms with Gasteiger partial charge in [0, 0.05) is 33.4 Å². The molecule has 0 aliphatic rings. The van der Waals surface area contributed by atoms with Crippen LogP contribution in [0.25, 0.3) is 88.0 Å². The van der Waals surface area contributed by atoms with Gasteiger partial charge in [-0.25, -0.2) is 0 Å². The number of rotatable bonds is 7. The van der Waals surface area contributed by atoms with Crippen LogP contribution in [0.2, 0.25) is 0 Å². The normalized spacial score (nSPS) is 11.4. The van der Waals surface area contributed by atoms with E-state index in [-0.39, 0.29) is 0 Å². The second-order valence-electron chi connectivity index (χ2n) is 14.9. The summed E-state index contributed by atoms with van der Waals surface area (Å²) >= 11 is 0. The average Bonchev–Trinajstić information content (AvgIpc) is 3.69. The van der Waals surface area contributed by atoms with Crippen molar-refractivity contribution in [3.05, 3.63) is 224 Å². The fourth-order valence-electron chi connectivity index (χ4n) is 8.62. The lowest BCUT2D eigenvalue weighted by Crippen LogP contribution is -2.10. The van der Waals surface area contributed by atoms with Crippen LogP contribution in [0.4, 0.5) is 17.1 Å². The van der Waals surface area contributed by atoms with E-state index >= 15 is 0 Å². The summed E-state index contributed by atoms with van der Waals surface area (Å²) < 4.78 is 6.42. The number of nitrogens with zero attached hydrogens (tertiary/aromatic N) is 1. The Bertz CT molecular complexity index is 3250. The van der Waals surface area contributed by atoms with E-state index < -0.39 is 0 Å². The van der Waals surface area contributed by atoms with Crippen LogP contribution in [0.15, 0.2) is 229 Å². The molecule has 0 saturated carbocycles. The highest BCUT2D eigenvalue weighted by atomic mass is 16.3. The highest BCUT2D eigenvalue weighted by molar-refractivity contribution is 6.09. The Hall–Kier alpha value is -7.68. The Morgan fingerprint density at radius 1 is 0.276 bits per heavy atom. The van der Waals surface area contributed by atoms with E-state index in [1.807, 2.05) is 12.1 Å². The zero-order chi connectivity index (χ0) is 38.4. The van der Waals surface area contributed by atoms with E-state index in [0.717, 1.165) is 50.1 Å². The quantitative estimate of drug-likeness (QED) is 0.162. The van der Waals surface area contributed by atoms with Crippen molar-refractivity contribution in [3.63, 3.8) is 0 Å². The van der Waals surface area contributed by atoms with Crippen molar-refractivity contribution in [1.29, 1.82) is 0 Å². The summed E-state index contributed by atoms with van der Waals surface area (Å²) in [6.45, 7) is 0. The third-order valence-corrected chi connectivity index (χ3v) is 11.5. The van der Waals surface area contributed by atoms with Crippen molar-refractivity contribution in [1.82, 2.24) is 0 Å². The van der Waals surface area contributed by atoms with Gasteiger partial charge < -0.3 is 9.32 Å². The highest BCUT2D eigenvalue weighted by Crippen LogP contribution is 2.41. The second kappa shape index (κ2) is 14.1. The number of hydrogen-bond donors (Lipinski definition) is 0. The summed E-state index contributed by atoms with van der Waals surface area (Å²) in [5, 5.41) is 7.27. The molecule has 58 heavy (non-hydrogen) atoms. The molecule has 0 amide bonds. The van der Waals surface area contributed by atoms with Gasteiger partial charge in [0.2, 0.25) is 0 Å². The van der Waals surface area contributed by atoms with Crippen molar-refractivity contribution < 1.29 is 4.42 Å². The van der Waals surface area contributed by atoms with Crippen LogP contribution < -0.4 is 4.90 Å². The molecule has 11 aromatic rings. The van der Waals surface area contributed by atoms with Crippen molar-refractivity contribution in [2.45, 2.75) is 0 Å². The summed E-state index contributed by atoms with van der Waals surface area (Å²) in [4.78, 5) is 2.35. The van der Waals surface area contributed by atoms with Gasteiger partial charge in [-0.2, -0.15) is 0 Å². The first-order valence-corrected chi connectivity index (χ1v) is 19.8. The average molecular weight is 740 g/mol. The van der Waals surface area contributed by atoms with Gasteiger partial charge in [0.1, 0.15) is 11.2 Å². The van der Waals surface area contributed by atoms with Crippen LogP contribution in [-0.2, 0) is 0 Å². The smallest absolute Gasteiger partial charge is 0.143 e. The third-order valence-electron chi connectivity index (χ3n) is 11.5. The maximum absolute atomic E-state index is 6.42. The van der Waals surface area contributed by atoms with Gasteiger partial charge in [-0.05, 0) is 103 Å². The number of para-hydroxylation sites is 2. The van der Waals surface area contributed by atoms with Crippen LogP contribution >= 0.6 is 0 Å². The van der Waals surface area contributed by atoms with Gasteiger partial charge in [-0.15, -0.1) is 0 Å². The summed E-state index contributed by atoms with van der Waals surface area (Å²) in [5.74, 6) is 0. The fraction of sp³-hybridized carbons (Fsp3) is 0. The van der Waals surface area contributed by atoms with Gasteiger partial charge in [-0.1, -0.05) is 182 Å². The predicted molar refractivity (Wildman–Crippen MR) is 245 cm³/mol. The van der Waals surface area contributed by atoms with E-state index in [1.54, 1.807) is 0 Å². The molecule has 2 nitrogen and oxygen atoms in total. The van der Waals surface area contributed by atoms with E-state index in [4.69, 9.17) is 4.42 Å². The van der Waals surface area contributed by atoms with Gasteiger partial charge in [0.15, 0.2) is 0 Å². The second-order valence-corrected chi connectivity index (χ2v) is 14.9. The highest BCUT2D eigenvalue weighted by Gasteiger charge is 2.17. The maximum Gasteiger partial charge on any atom is 0.143 e. The van der Waals surface area contributed by atoms with Crippen LogP contribution in [0.5, 0.6) is 0 Å². The Balaban J connectivity index is 0.979. The molecular formula is C56H37NO. The molecule has 0 N–H and O–H groups in total. The minimum absolute atomic E-state index is 0.906. The summed E-state index contributed by atoms with van der Waals surface area (Å²) in [6, 6.07) is 80.6. The lowest BCUT2D eigenvalue weighted by Gasteiger charge is -2.26. The SMILES string of the molecule is c1cc(-c2cccc3ccccc23)cc(N(c2ccc(-c3ccc(-c4cccc5ccccc45)cc3)cc2)c2ccc(-c3cccc4c3oc3ccccc34)cc2)c1. The van der Waals surface area contributed by atoms with Gasteiger partial charge in [0.05, 0.1) is 0 Å². The summed E-state index contributed by atoms with van der Waals surface area (Å²) in [7, 11) is 0. The zero-order valence-corrected chi connectivity index (χ0v) is 31.7.